The molecule has 0 bridgehead atoms. The molecule has 1 amide bonds. The first kappa shape index (κ1) is 17.3. The van der Waals surface area contributed by atoms with Crippen molar-refractivity contribution in [2.75, 3.05) is 6.54 Å². The van der Waals surface area contributed by atoms with Gasteiger partial charge in [0.05, 0.1) is 0 Å². The first-order valence-corrected chi connectivity index (χ1v) is 7.43. The zero-order valence-electron chi connectivity index (χ0n) is 13.0. The summed E-state index contributed by atoms with van der Waals surface area (Å²) in [7, 11) is 0. The molecule has 122 valence electrons. The van der Waals surface area contributed by atoms with Crippen molar-refractivity contribution < 1.29 is 9.90 Å². The summed E-state index contributed by atoms with van der Waals surface area (Å²) in [6.45, 7) is 2.89. The summed E-state index contributed by atoms with van der Waals surface area (Å²) in [5, 5.41) is 9.62. The highest BCUT2D eigenvalue weighted by Crippen LogP contribution is 2.27. The van der Waals surface area contributed by atoms with Gasteiger partial charge in [0.15, 0.2) is 0 Å². The number of halogens is 1. The van der Waals surface area contributed by atoms with E-state index in [0.717, 1.165) is 17.5 Å². The predicted molar refractivity (Wildman–Crippen MR) is 92.5 cm³/mol. The fourth-order valence-corrected chi connectivity index (χ4v) is 2.95. The Bertz CT molecular complexity index is 701. The molecule has 0 saturated carbocycles. The van der Waals surface area contributed by atoms with Gasteiger partial charge in [-0.15, -0.1) is 12.4 Å². The largest absolute Gasteiger partial charge is 0.508 e. The van der Waals surface area contributed by atoms with Crippen LogP contribution in [0, 0.1) is 0 Å². The molecule has 0 fully saturated rings. The van der Waals surface area contributed by atoms with Crippen LogP contribution in [0.5, 0.6) is 5.75 Å². The molecule has 1 aliphatic heterocycles. The molecule has 1 aliphatic rings. The number of hydrogen-bond acceptors (Lipinski definition) is 3. The van der Waals surface area contributed by atoms with Crippen molar-refractivity contribution in [3.05, 3.63) is 65.2 Å². The maximum absolute atomic E-state index is 12.9. The number of aromatic hydroxyl groups is 1. The Kier molecular flexibility index (Phi) is 4.97. The molecule has 3 rings (SSSR count). The Morgan fingerprint density at radius 3 is 2.57 bits per heavy atom. The molecule has 2 aromatic rings. The number of nitrogens with zero attached hydrogens (tertiary/aromatic N) is 1. The van der Waals surface area contributed by atoms with Gasteiger partial charge in [-0.05, 0) is 42.2 Å². The minimum Gasteiger partial charge on any atom is -0.508 e. The average Bonchev–Trinajstić information content (AvgIpc) is 2.54. The lowest BCUT2D eigenvalue weighted by Gasteiger charge is -2.35. The van der Waals surface area contributed by atoms with E-state index in [0.29, 0.717) is 13.1 Å². The van der Waals surface area contributed by atoms with Crippen LogP contribution in [0.15, 0.2) is 48.5 Å². The third-order valence-electron chi connectivity index (χ3n) is 4.31. The van der Waals surface area contributed by atoms with Crippen molar-refractivity contribution in [3.63, 3.8) is 0 Å². The number of carbonyl (C=O) groups is 1. The van der Waals surface area contributed by atoms with Crippen LogP contribution in [0.2, 0.25) is 0 Å². The summed E-state index contributed by atoms with van der Waals surface area (Å²) in [6.07, 6.45) is 0.784. The highest BCUT2D eigenvalue weighted by molar-refractivity contribution is 5.87. The lowest BCUT2D eigenvalue weighted by molar-refractivity contribution is -0.137. The number of phenols is 1. The Morgan fingerprint density at radius 1 is 1.17 bits per heavy atom. The standard InChI is InChI=1S/C18H20N2O2.ClH/c1-18(19,15-5-3-2-4-6-15)17(22)20-10-9-13-7-8-16(21)11-14(13)12-20;/h2-8,11,21H,9-10,12,19H2,1H3;1H. The third-order valence-corrected chi connectivity index (χ3v) is 4.31. The third kappa shape index (κ3) is 3.33. The minimum absolute atomic E-state index is 0. The topological polar surface area (TPSA) is 66.6 Å². The van der Waals surface area contributed by atoms with Crippen LogP contribution in [0.25, 0.3) is 0 Å². The molecular weight excluding hydrogens is 312 g/mol. The fourth-order valence-electron chi connectivity index (χ4n) is 2.95. The van der Waals surface area contributed by atoms with Crippen molar-refractivity contribution in [3.8, 4) is 5.75 Å². The summed E-state index contributed by atoms with van der Waals surface area (Å²) in [4.78, 5) is 14.6. The van der Waals surface area contributed by atoms with E-state index in [9.17, 15) is 9.90 Å². The second-order valence-electron chi connectivity index (χ2n) is 6.00. The predicted octanol–water partition coefficient (Wildman–Crippen LogP) is 2.57. The Balaban J connectivity index is 0.00000192. The number of fused-ring (bicyclic) bond motifs is 1. The smallest absolute Gasteiger partial charge is 0.247 e. The van der Waals surface area contributed by atoms with Crippen LogP contribution in [-0.4, -0.2) is 22.5 Å². The van der Waals surface area contributed by atoms with Gasteiger partial charge >= 0.3 is 0 Å². The first-order valence-electron chi connectivity index (χ1n) is 7.43. The van der Waals surface area contributed by atoms with Gasteiger partial charge in [-0.1, -0.05) is 36.4 Å². The molecule has 0 aliphatic carbocycles. The normalized spacial score (nSPS) is 16.0. The van der Waals surface area contributed by atoms with Crippen molar-refractivity contribution >= 4 is 18.3 Å². The number of rotatable bonds is 2. The zero-order valence-corrected chi connectivity index (χ0v) is 13.8. The van der Waals surface area contributed by atoms with Crippen LogP contribution in [0.1, 0.15) is 23.6 Å². The first-order chi connectivity index (χ1) is 10.5. The highest BCUT2D eigenvalue weighted by atomic mass is 35.5. The van der Waals surface area contributed by atoms with E-state index in [1.54, 1.807) is 24.0 Å². The van der Waals surface area contributed by atoms with Gasteiger partial charge in [-0.2, -0.15) is 0 Å². The van der Waals surface area contributed by atoms with Crippen LogP contribution in [0.4, 0.5) is 0 Å². The van der Waals surface area contributed by atoms with Crippen LogP contribution >= 0.6 is 12.4 Å². The number of carbonyl (C=O) groups excluding carboxylic acids is 1. The van der Waals surface area contributed by atoms with Crippen molar-refractivity contribution in [2.24, 2.45) is 5.73 Å². The van der Waals surface area contributed by atoms with Crippen LogP contribution in [0.3, 0.4) is 0 Å². The van der Waals surface area contributed by atoms with E-state index in [4.69, 9.17) is 5.73 Å². The molecule has 1 atom stereocenters. The Morgan fingerprint density at radius 2 is 1.87 bits per heavy atom. The molecule has 1 unspecified atom stereocenters. The molecule has 2 aromatic carbocycles. The second kappa shape index (κ2) is 6.60. The van der Waals surface area contributed by atoms with Gasteiger partial charge in [0.2, 0.25) is 5.91 Å². The second-order valence-corrected chi connectivity index (χ2v) is 6.00. The molecule has 5 heteroatoms. The maximum atomic E-state index is 12.9. The minimum atomic E-state index is -1.05. The highest BCUT2D eigenvalue weighted by Gasteiger charge is 2.35. The van der Waals surface area contributed by atoms with E-state index in [2.05, 4.69) is 0 Å². The van der Waals surface area contributed by atoms with Gasteiger partial charge in [-0.25, -0.2) is 0 Å². The van der Waals surface area contributed by atoms with Gasteiger partial charge in [0.1, 0.15) is 11.3 Å². The van der Waals surface area contributed by atoms with E-state index in [1.165, 1.54) is 5.56 Å². The summed E-state index contributed by atoms with van der Waals surface area (Å²) >= 11 is 0. The number of hydrogen-bond donors (Lipinski definition) is 2. The van der Waals surface area contributed by atoms with Crippen molar-refractivity contribution in [2.45, 2.75) is 25.4 Å². The zero-order chi connectivity index (χ0) is 15.7. The van der Waals surface area contributed by atoms with Crippen molar-refractivity contribution in [1.82, 2.24) is 4.90 Å². The van der Waals surface area contributed by atoms with Crippen LogP contribution in [-0.2, 0) is 23.3 Å². The molecular formula is C18H21ClN2O2. The van der Waals surface area contributed by atoms with Crippen molar-refractivity contribution in [1.29, 1.82) is 0 Å². The molecule has 3 N–H and O–H groups in total. The Labute approximate surface area is 142 Å². The van der Waals surface area contributed by atoms with E-state index < -0.39 is 5.54 Å². The Hall–Kier alpha value is -2.04. The van der Waals surface area contributed by atoms with E-state index in [1.807, 2.05) is 36.4 Å². The van der Waals surface area contributed by atoms with Gasteiger partial charge in [0, 0.05) is 13.1 Å². The summed E-state index contributed by atoms with van der Waals surface area (Å²) in [6, 6.07) is 14.8. The van der Waals surface area contributed by atoms with Crippen LogP contribution < -0.4 is 5.73 Å². The number of phenolic OH excluding ortho intramolecular Hbond substituents is 1. The van der Waals surface area contributed by atoms with Gasteiger partial charge < -0.3 is 15.7 Å². The SMILES string of the molecule is CC(N)(C(=O)N1CCc2ccc(O)cc2C1)c1ccccc1.Cl. The molecule has 0 radical (unpaired) electrons. The maximum Gasteiger partial charge on any atom is 0.247 e. The van der Waals surface area contributed by atoms with Gasteiger partial charge in [-0.3, -0.25) is 4.79 Å². The molecule has 0 saturated heterocycles. The number of benzene rings is 2. The summed E-state index contributed by atoms with van der Waals surface area (Å²) in [5.74, 6) is 0.138. The molecule has 4 nitrogen and oxygen atoms in total. The van der Waals surface area contributed by atoms with E-state index >= 15 is 0 Å². The number of amides is 1. The lowest BCUT2D eigenvalue weighted by atomic mass is 9.90. The number of nitrogens with two attached hydrogens (primary N) is 1. The summed E-state index contributed by atoms with van der Waals surface area (Å²) in [5.41, 5.74) is 8.25. The van der Waals surface area contributed by atoms with E-state index in [-0.39, 0.29) is 24.1 Å². The molecule has 0 aromatic heterocycles. The molecule has 23 heavy (non-hydrogen) atoms. The fraction of sp³-hybridized carbons (Fsp3) is 0.278. The quantitative estimate of drug-likeness (QED) is 0.888. The monoisotopic (exact) mass is 332 g/mol. The molecule has 1 heterocycles. The lowest BCUT2D eigenvalue weighted by Crippen LogP contribution is -2.52. The summed E-state index contributed by atoms with van der Waals surface area (Å²) < 4.78 is 0. The average molecular weight is 333 g/mol. The molecule has 0 spiro atoms. The van der Waals surface area contributed by atoms with Gasteiger partial charge in [0.25, 0.3) is 0 Å².